The molecule has 0 radical (unpaired) electrons. The first kappa shape index (κ1) is 16.9. The fraction of sp³-hybridized carbons (Fsp3) is 0.278. The van der Waals surface area contributed by atoms with Gasteiger partial charge in [-0.25, -0.2) is 9.37 Å². The summed E-state index contributed by atoms with van der Waals surface area (Å²) in [6.45, 7) is 0.257. The van der Waals surface area contributed by atoms with Gasteiger partial charge in [0.25, 0.3) is 0 Å². The highest BCUT2D eigenvalue weighted by Gasteiger charge is 2.35. The zero-order valence-corrected chi connectivity index (χ0v) is 13.4. The second kappa shape index (κ2) is 7.28. The Morgan fingerprint density at radius 2 is 2.12 bits per heavy atom. The van der Waals surface area contributed by atoms with Crippen molar-refractivity contribution < 1.29 is 14.3 Å². The summed E-state index contributed by atoms with van der Waals surface area (Å²) in [6.07, 6.45) is 1.24. The minimum Gasteiger partial charge on any atom is -0.391 e. The van der Waals surface area contributed by atoms with Crippen molar-refractivity contribution in [3.63, 3.8) is 0 Å². The molecule has 1 aromatic carbocycles. The number of hydrogen-bond acceptors (Lipinski definition) is 5. The maximum atomic E-state index is 13.1. The number of benzene rings is 1. The lowest BCUT2D eigenvalue weighted by molar-refractivity contribution is -0.130. The van der Waals surface area contributed by atoms with Crippen LogP contribution in [0.5, 0.6) is 0 Å². The van der Waals surface area contributed by atoms with Gasteiger partial charge in [0.2, 0.25) is 5.91 Å². The maximum Gasteiger partial charge on any atom is 0.242 e. The highest BCUT2D eigenvalue weighted by Crippen LogP contribution is 2.32. The predicted molar refractivity (Wildman–Crippen MR) is 88.9 cm³/mol. The van der Waals surface area contributed by atoms with Crippen LogP contribution in [0.4, 0.5) is 10.2 Å². The van der Waals surface area contributed by atoms with E-state index in [4.69, 9.17) is 5.26 Å². The second-order valence-corrected chi connectivity index (χ2v) is 5.90. The van der Waals surface area contributed by atoms with E-state index in [0.717, 1.165) is 5.56 Å². The van der Waals surface area contributed by atoms with Crippen LogP contribution in [-0.4, -0.2) is 40.1 Å². The highest BCUT2D eigenvalue weighted by molar-refractivity contribution is 5.81. The van der Waals surface area contributed by atoms with Crippen LogP contribution < -0.4 is 5.32 Å². The second-order valence-electron chi connectivity index (χ2n) is 5.90. The van der Waals surface area contributed by atoms with Gasteiger partial charge in [-0.15, -0.1) is 0 Å². The number of nitrogens with zero attached hydrogens (tertiary/aromatic N) is 3. The van der Waals surface area contributed by atoms with Crippen molar-refractivity contribution >= 4 is 11.7 Å². The van der Waals surface area contributed by atoms with E-state index in [1.165, 1.54) is 18.3 Å². The van der Waals surface area contributed by atoms with Crippen LogP contribution >= 0.6 is 0 Å². The van der Waals surface area contributed by atoms with Crippen LogP contribution in [0.3, 0.4) is 0 Å². The number of aliphatic hydroxyl groups is 1. The third-order valence-electron chi connectivity index (χ3n) is 4.17. The molecule has 1 aromatic heterocycles. The van der Waals surface area contributed by atoms with Crippen LogP contribution in [-0.2, 0) is 4.79 Å². The van der Waals surface area contributed by atoms with Crippen molar-refractivity contribution in [3.8, 4) is 6.07 Å². The van der Waals surface area contributed by atoms with Gasteiger partial charge in [0.05, 0.1) is 24.3 Å². The molecule has 1 saturated heterocycles. The number of carbonyl (C=O) groups is 1. The zero-order chi connectivity index (χ0) is 17.8. The lowest BCUT2D eigenvalue weighted by Gasteiger charge is -2.25. The SMILES string of the molecule is N#Cc1ccc(NCC(=O)N2CC(O)CC2c2ccc(F)cc2)nc1. The van der Waals surface area contributed by atoms with Gasteiger partial charge < -0.3 is 15.3 Å². The van der Waals surface area contributed by atoms with Gasteiger partial charge in [-0.3, -0.25) is 4.79 Å². The Hall–Kier alpha value is -2.98. The fourth-order valence-corrected chi connectivity index (χ4v) is 2.92. The van der Waals surface area contributed by atoms with Crippen molar-refractivity contribution in [1.82, 2.24) is 9.88 Å². The van der Waals surface area contributed by atoms with Crippen molar-refractivity contribution in [1.29, 1.82) is 5.26 Å². The molecule has 6 nitrogen and oxygen atoms in total. The van der Waals surface area contributed by atoms with E-state index in [1.54, 1.807) is 29.2 Å². The van der Waals surface area contributed by atoms with Gasteiger partial charge in [0, 0.05) is 12.7 Å². The molecule has 1 aliphatic heterocycles. The fourth-order valence-electron chi connectivity index (χ4n) is 2.92. The van der Waals surface area contributed by atoms with Gasteiger partial charge in [-0.2, -0.15) is 5.26 Å². The largest absolute Gasteiger partial charge is 0.391 e. The highest BCUT2D eigenvalue weighted by atomic mass is 19.1. The Morgan fingerprint density at radius 1 is 1.36 bits per heavy atom. The Kier molecular flexibility index (Phi) is 4.91. The first-order chi connectivity index (χ1) is 12.1. The number of hydrogen-bond donors (Lipinski definition) is 2. The number of carbonyl (C=O) groups excluding carboxylic acids is 1. The van der Waals surface area contributed by atoms with Crippen LogP contribution in [0.15, 0.2) is 42.6 Å². The minimum absolute atomic E-state index is 0.0172. The van der Waals surface area contributed by atoms with E-state index in [0.29, 0.717) is 17.8 Å². The van der Waals surface area contributed by atoms with Crippen molar-refractivity contribution in [2.75, 3.05) is 18.4 Å². The number of nitriles is 1. The lowest BCUT2D eigenvalue weighted by Crippen LogP contribution is -2.36. The molecule has 2 aromatic rings. The van der Waals surface area contributed by atoms with E-state index in [9.17, 15) is 14.3 Å². The number of halogens is 1. The maximum absolute atomic E-state index is 13.1. The van der Waals surface area contributed by atoms with Crippen molar-refractivity contribution in [2.45, 2.75) is 18.6 Å². The molecule has 0 saturated carbocycles. The first-order valence-electron chi connectivity index (χ1n) is 7.90. The number of anilines is 1. The number of pyridine rings is 1. The molecule has 3 rings (SSSR count). The summed E-state index contributed by atoms with van der Waals surface area (Å²) in [5.74, 6) is -0.0313. The summed E-state index contributed by atoms with van der Waals surface area (Å²) in [6, 6.07) is 10.9. The topological polar surface area (TPSA) is 89.2 Å². The molecule has 2 N–H and O–H groups in total. The van der Waals surface area contributed by atoms with E-state index >= 15 is 0 Å². The van der Waals surface area contributed by atoms with Crippen LogP contribution in [0.2, 0.25) is 0 Å². The number of amides is 1. The number of nitrogens with one attached hydrogen (secondary N) is 1. The molecule has 0 spiro atoms. The number of aromatic nitrogens is 1. The summed E-state index contributed by atoms with van der Waals surface area (Å²) in [4.78, 5) is 18.2. The number of rotatable bonds is 4. The smallest absolute Gasteiger partial charge is 0.242 e. The van der Waals surface area contributed by atoms with Crippen LogP contribution in [0.25, 0.3) is 0 Å². The third-order valence-corrected chi connectivity index (χ3v) is 4.17. The predicted octanol–water partition coefficient (Wildman–Crippen LogP) is 1.84. The molecule has 1 aliphatic rings. The van der Waals surface area contributed by atoms with E-state index < -0.39 is 6.10 Å². The van der Waals surface area contributed by atoms with Crippen molar-refractivity contribution in [2.24, 2.45) is 0 Å². The minimum atomic E-state index is -0.605. The van der Waals surface area contributed by atoms with Gasteiger partial charge in [-0.05, 0) is 36.2 Å². The third kappa shape index (κ3) is 3.92. The summed E-state index contributed by atoms with van der Waals surface area (Å²) in [5.41, 5.74) is 1.23. The Bertz CT molecular complexity index is 786. The number of β-amino-alcohol motifs (C(OH)–C–C–N with tert-alkyl or cyclic N) is 1. The molecular formula is C18H17FN4O2. The summed E-state index contributed by atoms with van der Waals surface area (Å²) in [7, 11) is 0. The monoisotopic (exact) mass is 340 g/mol. The van der Waals surface area contributed by atoms with E-state index in [2.05, 4.69) is 10.3 Å². The molecule has 25 heavy (non-hydrogen) atoms. The molecular weight excluding hydrogens is 323 g/mol. The van der Waals surface area contributed by atoms with E-state index in [1.807, 2.05) is 6.07 Å². The average Bonchev–Trinajstić information content (AvgIpc) is 3.02. The van der Waals surface area contributed by atoms with Gasteiger partial charge in [0.1, 0.15) is 17.7 Å². The molecule has 2 unspecified atom stereocenters. The van der Waals surface area contributed by atoms with Crippen molar-refractivity contribution in [3.05, 3.63) is 59.5 Å². The molecule has 7 heteroatoms. The number of aliphatic hydroxyl groups excluding tert-OH is 1. The van der Waals surface area contributed by atoms with Crippen LogP contribution in [0.1, 0.15) is 23.6 Å². The summed E-state index contributed by atoms with van der Waals surface area (Å²) < 4.78 is 13.1. The molecule has 2 heterocycles. The Balaban J connectivity index is 1.66. The van der Waals surface area contributed by atoms with E-state index in [-0.39, 0.29) is 30.9 Å². The van der Waals surface area contributed by atoms with Gasteiger partial charge >= 0.3 is 0 Å². The quantitative estimate of drug-likeness (QED) is 0.886. The molecule has 1 amide bonds. The molecule has 2 atom stereocenters. The Morgan fingerprint density at radius 3 is 2.76 bits per heavy atom. The first-order valence-corrected chi connectivity index (χ1v) is 7.90. The normalized spacial score (nSPS) is 19.5. The molecule has 1 fully saturated rings. The molecule has 128 valence electrons. The molecule has 0 bridgehead atoms. The summed E-state index contributed by atoms with van der Waals surface area (Å²) in [5, 5.41) is 21.6. The zero-order valence-electron chi connectivity index (χ0n) is 13.4. The standard InChI is InChI=1S/C18H17FN4O2/c19-14-4-2-13(3-5-14)16-7-15(24)11-23(16)18(25)10-22-17-6-1-12(8-20)9-21-17/h1-6,9,15-16,24H,7,10-11H2,(H,21,22). The molecule has 0 aliphatic carbocycles. The Labute approximate surface area is 144 Å². The number of likely N-dealkylation sites (tertiary alicyclic amines) is 1. The summed E-state index contributed by atoms with van der Waals surface area (Å²) >= 11 is 0. The van der Waals surface area contributed by atoms with Gasteiger partial charge in [-0.1, -0.05) is 12.1 Å². The average molecular weight is 340 g/mol. The van der Waals surface area contributed by atoms with Crippen LogP contribution in [0, 0.1) is 17.1 Å². The van der Waals surface area contributed by atoms with Gasteiger partial charge in [0.15, 0.2) is 0 Å². The lowest BCUT2D eigenvalue weighted by atomic mass is 10.0.